The van der Waals surface area contributed by atoms with E-state index in [1.165, 1.54) is 76.6 Å². The summed E-state index contributed by atoms with van der Waals surface area (Å²) in [5, 5.41) is 10.4. The maximum absolute atomic E-state index is 4.59. The summed E-state index contributed by atoms with van der Waals surface area (Å²) in [6.07, 6.45) is 3.71. The van der Waals surface area contributed by atoms with Crippen LogP contribution < -0.4 is 0 Å². The number of hydrogen-bond acceptors (Lipinski definition) is 2. The monoisotopic (exact) mass is 668 g/mol. The minimum Gasteiger partial charge on any atom is -0.313 e. The molecule has 0 unspecified atom stereocenters. The van der Waals surface area contributed by atoms with Crippen molar-refractivity contribution >= 4 is 54.1 Å². The average Bonchev–Trinajstić information content (AvgIpc) is 3.63. The molecule has 248 valence electrons. The van der Waals surface area contributed by atoms with Crippen LogP contribution >= 0.6 is 0 Å². The molecule has 0 fully saturated rings. The number of benzene rings is 6. The largest absolute Gasteiger partial charge is 0.313 e. The van der Waals surface area contributed by atoms with Crippen LogP contribution in [-0.2, 0) is 0 Å². The lowest BCUT2D eigenvalue weighted by Crippen LogP contribution is -1.98. The van der Waals surface area contributed by atoms with E-state index in [1.807, 2.05) is 36.7 Å². The minimum atomic E-state index is 0.980. The molecule has 0 amide bonds. The van der Waals surface area contributed by atoms with Crippen molar-refractivity contribution in [3.63, 3.8) is 0 Å². The van der Waals surface area contributed by atoms with Gasteiger partial charge in [0.2, 0.25) is 0 Å². The van der Waals surface area contributed by atoms with E-state index in [4.69, 9.17) is 0 Å². The summed E-state index contributed by atoms with van der Waals surface area (Å²) in [4.78, 5) is 9.18. The van der Waals surface area contributed by atoms with E-state index >= 15 is 0 Å². The van der Waals surface area contributed by atoms with Crippen molar-refractivity contribution in [3.8, 4) is 33.9 Å². The lowest BCUT2D eigenvalue weighted by molar-refractivity contribution is 1.04. The van der Waals surface area contributed by atoms with Crippen molar-refractivity contribution in [1.82, 2.24) is 19.1 Å². The molecule has 0 atom stereocenters. The summed E-state index contributed by atoms with van der Waals surface area (Å²) in [5.41, 5.74) is 14.1. The van der Waals surface area contributed by atoms with Crippen LogP contribution in [0.4, 0.5) is 0 Å². The lowest BCUT2D eigenvalue weighted by atomic mass is 9.89. The van der Waals surface area contributed by atoms with E-state index in [0.717, 1.165) is 33.9 Å². The Labute approximate surface area is 302 Å². The first-order valence-corrected chi connectivity index (χ1v) is 17.9. The van der Waals surface area contributed by atoms with Gasteiger partial charge in [-0.15, -0.1) is 0 Å². The number of pyridine rings is 2. The summed E-state index contributed by atoms with van der Waals surface area (Å²) in [6.45, 7) is 9.14. The molecule has 0 spiro atoms. The van der Waals surface area contributed by atoms with E-state index in [-0.39, 0.29) is 0 Å². The Morgan fingerprint density at radius 1 is 0.365 bits per heavy atom. The second-order valence-electron chi connectivity index (χ2n) is 13.9. The highest BCUT2D eigenvalue weighted by Gasteiger charge is 2.26. The highest BCUT2D eigenvalue weighted by Crippen LogP contribution is 2.49. The summed E-state index contributed by atoms with van der Waals surface area (Å²) in [7, 11) is 0. The van der Waals surface area contributed by atoms with Crippen LogP contribution in [0, 0.1) is 27.7 Å². The van der Waals surface area contributed by atoms with Crippen molar-refractivity contribution in [2.45, 2.75) is 27.7 Å². The quantitative estimate of drug-likeness (QED) is 0.175. The maximum Gasteiger partial charge on any atom is 0.0701 e. The molecule has 4 aromatic heterocycles. The fourth-order valence-electron chi connectivity index (χ4n) is 8.61. The molecule has 0 radical (unpaired) electrons. The first-order valence-electron chi connectivity index (χ1n) is 17.9. The molecule has 4 heterocycles. The van der Waals surface area contributed by atoms with E-state index in [1.54, 1.807) is 0 Å². The standard InChI is InChI=1S/C48H36N4/c1-29-31(3)51(35-23-19-33(20-24-35)41-17-9-11-27-49-41)47-39-15-7-6-14-38(39)46-44-30(2)32(4)52(36-25-21-34(22-26-36)42-18-10-12-28-50-42)48(44)40-16-8-5-13-37(40)45(46)43(29)47/h5-28H,1-4H3. The molecular weight excluding hydrogens is 633 g/mol. The average molecular weight is 669 g/mol. The zero-order valence-corrected chi connectivity index (χ0v) is 29.6. The number of fused-ring (bicyclic) bond motifs is 11. The zero-order valence-electron chi connectivity index (χ0n) is 29.6. The number of nitrogens with zero attached hydrogens (tertiary/aromatic N) is 4. The molecule has 52 heavy (non-hydrogen) atoms. The van der Waals surface area contributed by atoms with Gasteiger partial charge in [-0.25, -0.2) is 0 Å². The van der Waals surface area contributed by atoms with Crippen LogP contribution in [0.1, 0.15) is 22.5 Å². The molecule has 0 saturated heterocycles. The molecule has 10 rings (SSSR count). The van der Waals surface area contributed by atoms with Crippen LogP contribution in [-0.4, -0.2) is 19.1 Å². The van der Waals surface area contributed by atoms with Gasteiger partial charge in [0.15, 0.2) is 0 Å². The Kier molecular flexibility index (Phi) is 6.71. The fraction of sp³-hybridized carbons (Fsp3) is 0.0833. The number of aryl methyl sites for hydroxylation is 2. The van der Waals surface area contributed by atoms with Gasteiger partial charge in [-0.05, 0) is 98.1 Å². The first kappa shape index (κ1) is 30.3. The van der Waals surface area contributed by atoms with Gasteiger partial charge in [-0.1, -0.05) is 84.9 Å². The predicted molar refractivity (Wildman–Crippen MR) is 218 cm³/mol. The summed E-state index contributed by atoms with van der Waals surface area (Å²) >= 11 is 0. The van der Waals surface area contributed by atoms with E-state index in [2.05, 4.69) is 156 Å². The molecule has 0 saturated carbocycles. The van der Waals surface area contributed by atoms with E-state index < -0.39 is 0 Å². The Morgan fingerprint density at radius 2 is 0.731 bits per heavy atom. The van der Waals surface area contributed by atoms with Gasteiger partial charge in [0.25, 0.3) is 0 Å². The summed E-state index contributed by atoms with van der Waals surface area (Å²) in [6, 6.07) is 47.9. The third kappa shape index (κ3) is 4.27. The number of rotatable bonds is 4. The van der Waals surface area contributed by atoms with Crippen molar-refractivity contribution in [3.05, 3.63) is 168 Å². The molecule has 4 heteroatoms. The molecule has 0 bridgehead atoms. The molecule has 0 aliphatic carbocycles. The van der Waals surface area contributed by atoms with Gasteiger partial charge < -0.3 is 9.13 Å². The summed E-state index contributed by atoms with van der Waals surface area (Å²) in [5.74, 6) is 0. The molecule has 10 aromatic rings. The molecular formula is C48H36N4. The van der Waals surface area contributed by atoms with E-state index in [9.17, 15) is 0 Å². The highest BCUT2D eigenvalue weighted by molar-refractivity contribution is 6.40. The second kappa shape index (κ2) is 11.5. The molecule has 4 nitrogen and oxygen atoms in total. The van der Waals surface area contributed by atoms with Crippen molar-refractivity contribution in [2.75, 3.05) is 0 Å². The van der Waals surface area contributed by atoms with Gasteiger partial charge in [0, 0.05) is 78.6 Å². The van der Waals surface area contributed by atoms with Gasteiger partial charge in [0.1, 0.15) is 0 Å². The minimum absolute atomic E-state index is 0.980. The molecule has 0 aliphatic heterocycles. The summed E-state index contributed by atoms with van der Waals surface area (Å²) < 4.78 is 4.94. The van der Waals surface area contributed by atoms with Crippen LogP contribution in [0.5, 0.6) is 0 Å². The fourth-order valence-corrected chi connectivity index (χ4v) is 8.61. The Bertz CT molecular complexity index is 2800. The molecule has 0 aliphatic rings. The Hall–Kier alpha value is -6.52. The second-order valence-corrected chi connectivity index (χ2v) is 13.9. The zero-order chi connectivity index (χ0) is 35.1. The smallest absolute Gasteiger partial charge is 0.0701 e. The van der Waals surface area contributed by atoms with Gasteiger partial charge in [-0.3, -0.25) is 9.97 Å². The van der Waals surface area contributed by atoms with Crippen molar-refractivity contribution in [1.29, 1.82) is 0 Å². The van der Waals surface area contributed by atoms with Crippen LogP contribution in [0.2, 0.25) is 0 Å². The Balaban J connectivity index is 1.31. The van der Waals surface area contributed by atoms with Crippen LogP contribution in [0.25, 0.3) is 88.0 Å². The number of aromatic nitrogens is 4. The third-order valence-corrected chi connectivity index (χ3v) is 11.3. The first-order chi connectivity index (χ1) is 25.5. The third-order valence-electron chi connectivity index (χ3n) is 11.3. The lowest BCUT2D eigenvalue weighted by Gasteiger charge is -2.17. The highest BCUT2D eigenvalue weighted by atomic mass is 15.0. The normalized spacial score (nSPS) is 11.8. The predicted octanol–water partition coefficient (Wildman–Crippen LogP) is 12.4. The molecule has 0 N–H and O–H groups in total. The van der Waals surface area contributed by atoms with Gasteiger partial charge in [-0.2, -0.15) is 0 Å². The van der Waals surface area contributed by atoms with Crippen LogP contribution in [0.3, 0.4) is 0 Å². The SMILES string of the molecule is Cc1c(C)n(-c2ccc(-c3ccccn3)cc2)c2c3ccccc3c3c4c(C)c(C)n(-c5ccc(-c6ccccn6)cc5)c4c4ccccc4c3c12. The van der Waals surface area contributed by atoms with E-state index in [0.29, 0.717) is 0 Å². The van der Waals surface area contributed by atoms with Crippen LogP contribution in [0.15, 0.2) is 146 Å². The van der Waals surface area contributed by atoms with Gasteiger partial charge >= 0.3 is 0 Å². The molecule has 6 aromatic carbocycles. The maximum atomic E-state index is 4.59. The van der Waals surface area contributed by atoms with Crippen molar-refractivity contribution in [2.24, 2.45) is 0 Å². The number of hydrogen-bond donors (Lipinski definition) is 0. The topological polar surface area (TPSA) is 35.6 Å². The Morgan fingerprint density at radius 3 is 1.10 bits per heavy atom. The van der Waals surface area contributed by atoms with Crippen molar-refractivity contribution < 1.29 is 0 Å². The van der Waals surface area contributed by atoms with Gasteiger partial charge in [0.05, 0.1) is 22.4 Å².